The van der Waals surface area contributed by atoms with Crippen LogP contribution in [-0.4, -0.2) is 12.1 Å². The van der Waals surface area contributed by atoms with E-state index in [1.165, 1.54) is 5.39 Å². The summed E-state index contributed by atoms with van der Waals surface area (Å²) in [6, 6.07) is 27.0. The van der Waals surface area contributed by atoms with Crippen LogP contribution in [0.1, 0.15) is 11.1 Å². The number of ether oxygens (including phenoxy) is 1. The molecule has 2 nitrogen and oxygen atoms in total. The number of nitrogens with one attached hydrogen (secondary N) is 1. The van der Waals surface area contributed by atoms with Crippen molar-refractivity contribution in [3.63, 3.8) is 0 Å². The van der Waals surface area contributed by atoms with Gasteiger partial charge >= 0.3 is 0 Å². The van der Waals surface area contributed by atoms with Gasteiger partial charge in [0.25, 0.3) is 0 Å². The lowest BCUT2D eigenvalue weighted by Crippen LogP contribution is -1.89. The maximum Gasteiger partial charge on any atom is 0.118 e. The van der Waals surface area contributed by atoms with E-state index in [4.69, 9.17) is 4.74 Å². The molecule has 0 aliphatic rings. The molecular formula is C23H19NO. The molecule has 4 aromatic rings. The molecule has 0 amide bonds. The van der Waals surface area contributed by atoms with E-state index in [0.29, 0.717) is 0 Å². The average molecular weight is 325 g/mol. The summed E-state index contributed by atoms with van der Waals surface area (Å²) in [5, 5.41) is 1.22. The number of benzene rings is 3. The van der Waals surface area contributed by atoms with Crippen molar-refractivity contribution in [3.8, 4) is 17.0 Å². The molecule has 1 aromatic heterocycles. The van der Waals surface area contributed by atoms with Crippen molar-refractivity contribution in [2.45, 2.75) is 0 Å². The Morgan fingerprint density at radius 2 is 1.64 bits per heavy atom. The number of aromatic amines is 1. The van der Waals surface area contributed by atoms with Crippen molar-refractivity contribution in [1.82, 2.24) is 4.98 Å². The van der Waals surface area contributed by atoms with Gasteiger partial charge in [-0.15, -0.1) is 0 Å². The molecule has 1 heterocycles. The van der Waals surface area contributed by atoms with Crippen LogP contribution in [-0.2, 0) is 0 Å². The van der Waals surface area contributed by atoms with Crippen LogP contribution in [0.2, 0.25) is 0 Å². The summed E-state index contributed by atoms with van der Waals surface area (Å²) in [7, 11) is 1.67. The Morgan fingerprint density at radius 3 is 2.40 bits per heavy atom. The monoisotopic (exact) mass is 325 g/mol. The van der Waals surface area contributed by atoms with E-state index >= 15 is 0 Å². The van der Waals surface area contributed by atoms with Crippen LogP contribution in [0.3, 0.4) is 0 Å². The van der Waals surface area contributed by atoms with E-state index in [9.17, 15) is 0 Å². The van der Waals surface area contributed by atoms with Gasteiger partial charge in [-0.05, 0) is 52.6 Å². The summed E-state index contributed by atoms with van der Waals surface area (Å²) in [5.41, 5.74) is 6.63. The summed E-state index contributed by atoms with van der Waals surface area (Å²) in [4.78, 5) is 3.49. The van der Waals surface area contributed by atoms with Gasteiger partial charge < -0.3 is 9.72 Å². The van der Waals surface area contributed by atoms with E-state index in [0.717, 1.165) is 39.2 Å². The Balaban J connectivity index is 1.69. The van der Waals surface area contributed by atoms with Gasteiger partial charge in [0.1, 0.15) is 5.75 Å². The van der Waals surface area contributed by atoms with Crippen LogP contribution >= 0.6 is 0 Å². The lowest BCUT2D eigenvalue weighted by Gasteiger charge is -2.09. The third kappa shape index (κ3) is 2.94. The van der Waals surface area contributed by atoms with Gasteiger partial charge in [-0.1, -0.05) is 55.1 Å². The average Bonchev–Trinajstić information content (AvgIpc) is 3.12. The van der Waals surface area contributed by atoms with Gasteiger partial charge in [0.2, 0.25) is 0 Å². The summed E-state index contributed by atoms with van der Waals surface area (Å²) in [6.07, 6.45) is 0. The van der Waals surface area contributed by atoms with Crippen LogP contribution in [0, 0.1) is 0 Å². The minimum Gasteiger partial charge on any atom is -0.497 e. The van der Waals surface area contributed by atoms with Crippen molar-refractivity contribution in [1.29, 1.82) is 0 Å². The maximum atomic E-state index is 5.23. The van der Waals surface area contributed by atoms with E-state index < -0.39 is 0 Å². The lowest BCUT2D eigenvalue weighted by molar-refractivity contribution is 0.415. The quantitative estimate of drug-likeness (QED) is 0.496. The van der Waals surface area contributed by atoms with Gasteiger partial charge in [0.05, 0.1) is 7.11 Å². The number of fused-ring (bicyclic) bond motifs is 1. The zero-order valence-electron chi connectivity index (χ0n) is 14.1. The molecule has 4 rings (SSSR count). The molecule has 0 aliphatic carbocycles. The fourth-order valence-electron chi connectivity index (χ4n) is 3.06. The van der Waals surface area contributed by atoms with E-state index in [-0.39, 0.29) is 0 Å². The Morgan fingerprint density at radius 1 is 0.840 bits per heavy atom. The second-order valence-corrected chi connectivity index (χ2v) is 6.06. The molecule has 122 valence electrons. The van der Waals surface area contributed by atoms with E-state index in [1.54, 1.807) is 7.11 Å². The summed E-state index contributed by atoms with van der Waals surface area (Å²) >= 11 is 0. The molecule has 1 N–H and O–H groups in total. The van der Waals surface area contributed by atoms with E-state index in [1.807, 2.05) is 30.3 Å². The van der Waals surface area contributed by atoms with Gasteiger partial charge in [-0.2, -0.15) is 0 Å². The molecule has 25 heavy (non-hydrogen) atoms. The second-order valence-electron chi connectivity index (χ2n) is 6.06. The number of rotatable bonds is 4. The zero-order chi connectivity index (χ0) is 17.2. The highest BCUT2D eigenvalue weighted by Gasteiger charge is 2.07. The van der Waals surface area contributed by atoms with Gasteiger partial charge in [-0.25, -0.2) is 0 Å². The Hall–Kier alpha value is -3.26. The van der Waals surface area contributed by atoms with Crippen molar-refractivity contribution in [2.75, 3.05) is 7.11 Å². The van der Waals surface area contributed by atoms with Gasteiger partial charge in [0, 0.05) is 16.6 Å². The van der Waals surface area contributed by atoms with Crippen molar-refractivity contribution >= 4 is 16.5 Å². The molecule has 0 unspecified atom stereocenters. The minimum atomic E-state index is 0.850. The number of methoxy groups -OCH3 is 1. The van der Waals surface area contributed by atoms with Crippen molar-refractivity contribution in [3.05, 3.63) is 96.6 Å². The largest absolute Gasteiger partial charge is 0.497 e. The van der Waals surface area contributed by atoms with Gasteiger partial charge in [-0.3, -0.25) is 0 Å². The fraction of sp³-hybridized carbons (Fsp3) is 0.0435. The predicted octanol–water partition coefficient (Wildman–Crippen LogP) is 5.91. The predicted molar refractivity (Wildman–Crippen MR) is 105 cm³/mol. The van der Waals surface area contributed by atoms with Crippen LogP contribution in [0.25, 0.3) is 27.7 Å². The lowest BCUT2D eigenvalue weighted by atomic mass is 9.97. The molecule has 0 spiro atoms. The van der Waals surface area contributed by atoms with Crippen LogP contribution in [0.5, 0.6) is 5.75 Å². The standard InChI is InChI=1S/C23H19NO/c1-16(17-10-12-21(25-2)13-11-17)18-7-5-8-19(14-18)23-15-20-6-3-4-9-22(20)24-23/h3-15,24H,1H2,2H3. The molecule has 3 aromatic carbocycles. The molecule has 0 fully saturated rings. The Bertz CT molecular complexity index is 1010. The first kappa shape index (κ1) is 15.3. The highest BCUT2D eigenvalue weighted by Crippen LogP contribution is 2.29. The normalized spacial score (nSPS) is 10.8. The molecular weight excluding hydrogens is 306 g/mol. The fourth-order valence-corrected chi connectivity index (χ4v) is 3.06. The summed E-state index contributed by atoms with van der Waals surface area (Å²) in [5.74, 6) is 0.850. The molecule has 0 atom stereocenters. The zero-order valence-corrected chi connectivity index (χ0v) is 14.1. The summed E-state index contributed by atoms with van der Waals surface area (Å²) < 4.78 is 5.23. The molecule has 2 heteroatoms. The Labute approximate surface area is 147 Å². The first-order chi connectivity index (χ1) is 12.2. The van der Waals surface area contributed by atoms with Gasteiger partial charge in [0.15, 0.2) is 0 Å². The van der Waals surface area contributed by atoms with Crippen LogP contribution in [0.15, 0.2) is 85.4 Å². The molecule has 0 saturated heterocycles. The van der Waals surface area contributed by atoms with Crippen LogP contribution < -0.4 is 4.74 Å². The van der Waals surface area contributed by atoms with Crippen molar-refractivity contribution < 1.29 is 4.74 Å². The first-order valence-electron chi connectivity index (χ1n) is 8.26. The van der Waals surface area contributed by atoms with E-state index in [2.05, 4.69) is 60.1 Å². The second kappa shape index (κ2) is 6.33. The molecule has 0 bridgehead atoms. The maximum absolute atomic E-state index is 5.23. The topological polar surface area (TPSA) is 25.0 Å². The number of aromatic nitrogens is 1. The number of hydrogen-bond donors (Lipinski definition) is 1. The van der Waals surface area contributed by atoms with Crippen molar-refractivity contribution in [2.24, 2.45) is 0 Å². The number of H-pyrrole nitrogens is 1. The molecule has 0 saturated carbocycles. The third-order valence-corrected chi connectivity index (χ3v) is 4.49. The minimum absolute atomic E-state index is 0.850. The Kier molecular flexibility index (Phi) is 3.87. The SMILES string of the molecule is C=C(c1ccc(OC)cc1)c1cccc(-c2cc3ccccc3[nH]2)c1. The highest BCUT2D eigenvalue weighted by molar-refractivity contribution is 5.87. The number of para-hydroxylation sites is 1. The van der Waals surface area contributed by atoms with Crippen LogP contribution in [0.4, 0.5) is 0 Å². The molecule has 0 radical (unpaired) electrons. The summed E-state index contributed by atoms with van der Waals surface area (Å²) in [6.45, 7) is 4.28. The number of hydrogen-bond acceptors (Lipinski definition) is 1. The molecule has 0 aliphatic heterocycles. The first-order valence-corrected chi connectivity index (χ1v) is 8.26. The smallest absolute Gasteiger partial charge is 0.118 e. The highest BCUT2D eigenvalue weighted by atomic mass is 16.5. The third-order valence-electron chi connectivity index (χ3n) is 4.49.